The van der Waals surface area contributed by atoms with Gasteiger partial charge in [-0.15, -0.1) is 0 Å². The highest BCUT2D eigenvalue weighted by Crippen LogP contribution is 2.11. The van der Waals surface area contributed by atoms with Crippen molar-refractivity contribution in [2.45, 2.75) is 70.5 Å². The number of hydrogen-bond acceptors (Lipinski definition) is 4. The first-order valence-corrected chi connectivity index (χ1v) is 6.98. The minimum atomic E-state index is -0.594. The first-order valence-electron chi connectivity index (χ1n) is 6.98. The van der Waals surface area contributed by atoms with Crippen molar-refractivity contribution in [1.82, 2.24) is 0 Å². The zero-order valence-electron chi connectivity index (χ0n) is 11.8. The van der Waals surface area contributed by atoms with Crippen molar-refractivity contribution in [1.29, 1.82) is 0 Å². The monoisotopic (exact) mass is 260 g/mol. The standard InChI is InChI=1S/C14H28O4/c1-17-13(15)11-9-7-5-3-4-6-8-10-12-14(16)18-2/h13,15H,3-12H2,1-2H3/t13-/m1/s1. The highest BCUT2D eigenvalue weighted by molar-refractivity contribution is 5.68. The fourth-order valence-electron chi connectivity index (χ4n) is 1.87. The van der Waals surface area contributed by atoms with Gasteiger partial charge in [0.05, 0.1) is 7.11 Å². The Labute approximate surface area is 111 Å². The van der Waals surface area contributed by atoms with Gasteiger partial charge in [0.2, 0.25) is 0 Å². The molecule has 0 unspecified atom stereocenters. The van der Waals surface area contributed by atoms with Crippen LogP contribution in [-0.2, 0) is 14.3 Å². The van der Waals surface area contributed by atoms with Gasteiger partial charge >= 0.3 is 5.97 Å². The van der Waals surface area contributed by atoms with Crippen molar-refractivity contribution >= 4 is 5.97 Å². The molecule has 0 radical (unpaired) electrons. The van der Waals surface area contributed by atoms with Crippen LogP contribution in [0.25, 0.3) is 0 Å². The molecule has 108 valence electrons. The van der Waals surface area contributed by atoms with E-state index >= 15 is 0 Å². The predicted octanol–water partition coefficient (Wildman–Crippen LogP) is 3.03. The lowest BCUT2D eigenvalue weighted by molar-refractivity contribution is -0.140. The van der Waals surface area contributed by atoms with Crippen LogP contribution in [0.1, 0.15) is 64.2 Å². The van der Waals surface area contributed by atoms with E-state index in [0.29, 0.717) is 6.42 Å². The van der Waals surface area contributed by atoms with Gasteiger partial charge in [0.15, 0.2) is 6.29 Å². The molecule has 0 rings (SSSR count). The number of ether oxygens (including phenoxy) is 2. The van der Waals surface area contributed by atoms with Crippen LogP contribution < -0.4 is 0 Å². The van der Waals surface area contributed by atoms with Crippen LogP contribution in [0, 0.1) is 0 Å². The van der Waals surface area contributed by atoms with E-state index in [1.165, 1.54) is 39.9 Å². The predicted molar refractivity (Wildman–Crippen MR) is 71.2 cm³/mol. The molecule has 0 aromatic carbocycles. The van der Waals surface area contributed by atoms with Gasteiger partial charge in [-0.3, -0.25) is 4.79 Å². The van der Waals surface area contributed by atoms with Gasteiger partial charge in [-0.2, -0.15) is 0 Å². The highest BCUT2D eigenvalue weighted by atomic mass is 16.6. The molecule has 0 fully saturated rings. The summed E-state index contributed by atoms with van der Waals surface area (Å²) in [6.45, 7) is 0. The zero-order valence-corrected chi connectivity index (χ0v) is 11.8. The summed E-state index contributed by atoms with van der Waals surface area (Å²) in [4.78, 5) is 10.8. The minimum absolute atomic E-state index is 0.105. The third-order valence-electron chi connectivity index (χ3n) is 3.08. The van der Waals surface area contributed by atoms with Crippen LogP contribution in [0.2, 0.25) is 0 Å². The summed E-state index contributed by atoms with van der Waals surface area (Å²) in [5.74, 6) is -0.105. The second-order valence-corrected chi connectivity index (χ2v) is 4.63. The summed E-state index contributed by atoms with van der Waals surface area (Å²) >= 11 is 0. The number of hydrogen-bond donors (Lipinski definition) is 1. The maximum absolute atomic E-state index is 10.8. The zero-order chi connectivity index (χ0) is 13.6. The molecule has 0 aliphatic heterocycles. The van der Waals surface area contributed by atoms with E-state index in [0.717, 1.165) is 32.1 Å². The Bertz CT molecular complexity index is 194. The Morgan fingerprint density at radius 2 is 1.44 bits per heavy atom. The second kappa shape index (κ2) is 12.8. The minimum Gasteiger partial charge on any atom is -0.469 e. The maximum Gasteiger partial charge on any atom is 0.305 e. The van der Waals surface area contributed by atoms with Gasteiger partial charge in [-0.25, -0.2) is 0 Å². The van der Waals surface area contributed by atoms with Gasteiger partial charge in [-0.1, -0.05) is 38.5 Å². The number of aliphatic hydroxyl groups excluding tert-OH is 1. The third kappa shape index (κ3) is 11.9. The fourth-order valence-corrected chi connectivity index (χ4v) is 1.87. The summed E-state index contributed by atoms with van der Waals surface area (Å²) in [6.07, 6.45) is 9.79. The van der Waals surface area contributed by atoms with E-state index in [1.54, 1.807) is 0 Å². The number of methoxy groups -OCH3 is 2. The molecule has 1 N–H and O–H groups in total. The first kappa shape index (κ1) is 17.4. The van der Waals surface area contributed by atoms with E-state index in [4.69, 9.17) is 9.84 Å². The van der Waals surface area contributed by atoms with Crippen molar-refractivity contribution < 1.29 is 19.4 Å². The van der Waals surface area contributed by atoms with E-state index in [2.05, 4.69) is 4.74 Å². The molecule has 0 heterocycles. The van der Waals surface area contributed by atoms with E-state index in [-0.39, 0.29) is 5.97 Å². The Morgan fingerprint density at radius 1 is 0.944 bits per heavy atom. The summed E-state index contributed by atoms with van der Waals surface area (Å²) in [7, 11) is 2.96. The Morgan fingerprint density at radius 3 is 1.94 bits per heavy atom. The van der Waals surface area contributed by atoms with Gasteiger partial charge in [-0.05, 0) is 19.3 Å². The Kier molecular flexibility index (Phi) is 12.4. The molecule has 0 saturated heterocycles. The van der Waals surface area contributed by atoms with Crippen LogP contribution in [-0.4, -0.2) is 31.6 Å². The number of aliphatic hydroxyl groups is 1. The molecule has 0 amide bonds. The number of unbranched alkanes of at least 4 members (excludes halogenated alkanes) is 7. The molecule has 0 aromatic heterocycles. The van der Waals surface area contributed by atoms with Gasteiger partial charge in [0.25, 0.3) is 0 Å². The number of esters is 1. The molecular weight excluding hydrogens is 232 g/mol. The van der Waals surface area contributed by atoms with E-state index in [1.807, 2.05) is 0 Å². The first-order chi connectivity index (χ1) is 8.70. The smallest absolute Gasteiger partial charge is 0.305 e. The summed E-state index contributed by atoms with van der Waals surface area (Å²) in [5, 5.41) is 9.16. The molecule has 4 heteroatoms. The molecule has 0 aliphatic rings. The highest BCUT2D eigenvalue weighted by Gasteiger charge is 2.01. The SMILES string of the molecule is COC(=O)CCCCCCCCCC[C@H](O)OC. The molecule has 0 aromatic rings. The van der Waals surface area contributed by atoms with Crippen LogP contribution in [0.15, 0.2) is 0 Å². The maximum atomic E-state index is 10.8. The molecule has 0 aliphatic carbocycles. The van der Waals surface area contributed by atoms with Crippen LogP contribution in [0.4, 0.5) is 0 Å². The van der Waals surface area contributed by atoms with Gasteiger partial charge < -0.3 is 14.6 Å². The van der Waals surface area contributed by atoms with Crippen LogP contribution in [0.3, 0.4) is 0 Å². The van der Waals surface area contributed by atoms with Crippen LogP contribution >= 0.6 is 0 Å². The number of rotatable bonds is 12. The van der Waals surface area contributed by atoms with Gasteiger partial charge in [0, 0.05) is 13.5 Å². The summed E-state index contributed by atoms with van der Waals surface area (Å²) in [6, 6.07) is 0. The van der Waals surface area contributed by atoms with Crippen molar-refractivity contribution in [3.63, 3.8) is 0 Å². The lowest BCUT2D eigenvalue weighted by Gasteiger charge is -2.07. The molecule has 4 nitrogen and oxygen atoms in total. The average molecular weight is 260 g/mol. The molecule has 0 bridgehead atoms. The number of carbonyl (C=O) groups is 1. The summed E-state index contributed by atoms with van der Waals surface area (Å²) in [5.41, 5.74) is 0. The van der Waals surface area contributed by atoms with E-state index in [9.17, 15) is 4.79 Å². The lowest BCUT2D eigenvalue weighted by Crippen LogP contribution is -2.07. The molecule has 0 saturated carbocycles. The molecule has 0 spiro atoms. The van der Waals surface area contributed by atoms with Gasteiger partial charge in [0.1, 0.15) is 0 Å². The van der Waals surface area contributed by atoms with Crippen LogP contribution in [0.5, 0.6) is 0 Å². The third-order valence-corrected chi connectivity index (χ3v) is 3.08. The topological polar surface area (TPSA) is 55.8 Å². The number of carbonyl (C=O) groups excluding carboxylic acids is 1. The van der Waals surface area contributed by atoms with Crippen molar-refractivity contribution in [2.75, 3.05) is 14.2 Å². The summed E-state index contributed by atoms with van der Waals surface area (Å²) < 4.78 is 9.35. The van der Waals surface area contributed by atoms with E-state index < -0.39 is 6.29 Å². The average Bonchev–Trinajstić information content (AvgIpc) is 2.40. The fraction of sp³-hybridized carbons (Fsp3) is 0.929. The van der Waals surface area contributed by atoms with Crippen molar-refractivity contribution in [2.24, 2.45) is 0 Å². The largest absolute Gasteiger partial charge is 0.469 e. The quantitative estimate of drug-likeness (QED) is 0.333. The molecule has 1 atom stereocenters. The lowest BCUT2D eigenvalue weighted by atomic mass is 10.1. The Hall–Kier alpha value is -0.610. The van der Waals surface area contributed by atoms with Crippen molar-refractivity contribution in [3.8, 4) is 0 Å². The molecular formula is C14H28O4. The normalized spacial score (nSPS) is 12.4. The Balaban J connectivity index is 3.05. The second-order valence-electron chi connectivity index (χ2n) is 4.63. The van der Waals surface area contributed by atoms with Crippen molar-refractivity contribution in [3.05, 3.63) is 0 Å². The molecule has 18 heavy (non-hydrogen) atoms.